The minimum atomic E-state index is -0.457. The molecule has 0 radical (unpaired) electrons. The molecule has 2 rings (SSSR count). The zero-order valence-electron chi connectivity index (χ0n) is 11.3. The molecule has 0 spiro atoms. The Labute approximate surface area is 115 Å². The van der Waals surface area contributed by atoms with E-state index in [9.17, 15) is 4.79 Å². The van der Waals surface area contributed by atoms with E-state index >= 15 is 0 Å². The van der Waals surface area contributed by atoms with Crippen LogP contribution in [0.2, 0.25) is 0 Å². The quantitative estimate of drug-likeness (QED) is 0.795. The maximum absolute atomic E-state index is 11.9. The Bertz CT molecular complexity index is 388. The van der Waals surface area contributed by atoms with E-state index in [2.05, 4.69) is 10.2 Å². The molecule has 3 N–H and O–H groups in total. The third-order valence-electron chi connectivity index (χ3n) is 3.56. The largest absolute Gasteiger partial charge is 0.353 e. The Hall–Kier alpha value is -1.39. The van der Waals surface area contributed by atoms with E-state index < -0.39 is 6.04 Å². The summed E-state index contributed by atoms with van der Waals surface area (Å²) < 4.78 is 0. The Morgan fingerprint density at radius 1 is 1.26 bits per heavy atom. The lowest BCUT2D eigenvalue weighted by Gasteiger charge is -2.16. The molecule has 4 nitrogen and oxygen atoms in total. The summed E-state index contributed by atoms with van der Waals surface area (Å²) in [7, 11) is 0. The molecule has 104 valence electrons. The number of hydrogen-bond acceptors (Lipinski definition) is 3. The number of rotatable bonds is 6. The first-order valence-corrected chi connectivity index (χ1v) is 7.05. The predicted octanol–water partition coefficient (Wildman–Crippen LogP) is 0.768. The average molecular weight is 261 g/mol. The van der Waals surface area contributed by atoms with Gasteiger partial charge >= 0.3 is 0 Å². The van der Waals surface area contributed by atoms with Crippen LogP contribution in [-0.4, -0.2) is 43.0 Å². The van der Waals surface area contributed by atoms with E-state index in [1.54, 1.807) is 0 Å². The lowest BCUT2D eigenvalue weighted by molar-refractivity contribution is -0.122. The first kappa shape index (κ1) is 14.0. The highest BCUT2D eigenvalue weighted by Gasteiger charge is 2.15. The van der Waals surface area contributed by atoms with Gasteiger partial charge in [-0.05, 0) is 37.9 Å². The van der Waals surface area contributed by atoms with Gasteiger partial charge in [0.25, 0.3) is 0 Å². The van der Waals surface area contributed by atoms with Crippen LogP contribution >= 0.6 is 0 Å². The van der Waals surface area contributed by atoms with Gasteiger partial charge in [-0.25, -0.2) is 0 Å². The molecule has 1 aliphatic heterocycles. The van der Waals surface area contributed by atoms with Crippen molar-refractivity contribution in [2.45, 2.75) is 25.3 Å². The highest BCUT2D eigenvalue weighted by atomic mass is 16.2. The topological polar surface area (TPSA) is 58.4 Å². The van der Waals surface area contributed by atoms with Crippen LogP contribution in [-0.2, 0) is 11.2 Å². The van der Waals surface area contributed by atoms with Crippen molar-refractivity contribution < 1.29 is 4.79 Å². The van der Waals surface area contributed by atoms with Gasteiger partial charge in [-0.2, -0.15) is 0 Å². The number of nitrogens with zero attached hydrogens (tertiary/aromatic N) is 1. The monoisotopic (exact) mass is 261 g/mol. The number of nitrogens with one attached hydrogen (secondary N) is 1. The van der Waals surface area contributed by atoms with Crippen molar-refractivity contribution >= 4 is 5.91 Å². The molecular weight excluding hydrogens is 238 g/mol. The minimum absolute atomic E-state index is 0.0527. The highest BCUT2D eigenvalue weighted by Crippen LogP contribution is 2.05. The first-order chi connectivity index (χ1) is 9.25. The Morgan fingerprint density at radius 3 is 2.63 bits per heavy atom. The molecule has 1 aliphatic rings. The lowest BCUT2D eigenvalue weighted by atomic mass is 10.1. The fourth-order valence-corrected chi connectivity index (χ4v) is 2.44. The number of carbonyl (C=O) groups is 1. The van der Waals surface area contributed by atoms with Crippen LogP contribution in [0.1, 0.15) is 18.4 Å². The van der Waals surface area contributed by atoms with Gasteiger partial charge < -0.3 is 16.0 Å². The zero-order chi connectivity index (χ0) is 13.5. The van der Waals surface area contributed by atoms with Crippen molar-refractivity contribution in [2.75, 3.05) is 26.2 Å². The molecule has 0 saturated carbocycles. The van der Waals surface area contributed by atoms with Gasteiger partial charge in [0.1, 0.15) is 0 Å². The van der Waals surface area contributed by atoms with Crippen molar-refractivity contribution in [1.82, 2.24) is 10.2 Å². The van der Waals surface area contributed by atoms with Gasteiger partial charge in [0.05, 0.1) is 6.04 Å². The summed E-state index contributed by atoms with van der Waals surface area (Å²) in [5, 5.41) is 2.92. The van der Waals surface area contributed by atoms with Crippen LogP contribution in [0, 0.1) is 0 Å². The fraction of sp³-hybridized carbons (Fsp3) is 0.533. The van der Waals surface area contributed by atoms with Gasteiger partial charge in [0, 0.05) is 13.1 Å². The summed E-state index contributed by atoms with van der Waals surface area (Å²) in [4.78, 5) is 14.2. The van der Waals surface area contributed by atoms with E-state index in [4.69, 9.17) is 5.73 Å². The smallest absolute Gasteiger partial charge is 0.237 e. The second kappa shape index (κ2) is 7.26. The lowest BCUT2D eigenvalue weighted by Crippen LogP contribution is -2.44. The minimum Gasteiger partial charge on any atom is -0.353 e. The molecule has 0 unspecified atom stereocenters. The van der Waals surface area contributed by atoms with Crippen LogP contribution in [0.25, 0.3) is 0 Å². The third-order valence-corrected chi connectivity index (χ3v) is 3.56. The molecule has 1 aromatic rings. The van der Waals surface area contributed by atoms with E-state index in [0.717, 1.165) is 25.2 Å². The SMILES string of the molecule is N[C@@H](Cc1ccccc1)C(=O)NCCN1CCCC1. The number of likely N-dealkylation sites (tertiary alicyclic amines) is 1. The summed E-state index contributed by atoms with van der Waals surface area (Å²) in [5.41, 5.74) is 7.02. The maximum Gasteiger partial charge on any atom is 0.237 e. The van der Waals surface area contributed by atoms with Crippen molar-refractivity contribution in [3.63, 3.8) is 0 Å². The highest BCUT2D eigenvalue weighted by molar-refractivity contribution is 5.81. The van der Waals surface area contributed by atoms with Gasteiger partial charge in [0.15, 0.2) is 0 Å². The maximum atomic E-state index is 11.9. The fourth-order valence-electron chi connectivity index (χ4n) is 2.44. The molecule has 1 aromatic carbocycles. The van der Waals surface area contributed by atoms with Crippen molar-refractivity contribution in [3.8, 4) is 0 Å². The van der Waals surface area contributed by atoms with Crippen LogP contribution in [0.3, 0.4) is 0 Å². The van der Waals surface area contributed by atoms with Crippen molar-refractivity contribution in [1.29, 1.82) is 0 Å². The van der Waals surface area contributed by atoms with E-state index in [1.807, 2.05) is 30.3 Å². The molecule has 1 amide bonds. The van der Waals surface area contributed by atoms with Crippen LogP contribution < -0.4 is 11.1 Å². The molecule has 1 saturated heterocycles. The molecule has 4 heteroatoms. The van der Waals surface area contributed by atoms with Crippen LogP contribution in [0.5, 0.6) is 0 Å². The molecule has 19 heavy (non-hydrogen) atoms. The summed E-state index contributed by atoms with van der Waals surface area (Å²) >= 11 is 0. The molecule has 0 aliphatic carbocycles. The summed E-state index contributed by atoms with van der Waals surface area (Å²) in [5.74, 6) is -0.0527. The third kappa shape index (κ3) is 4.65. The molecular formula is C15H23N3O. The van der Waals surface area contributed by atoms with E-state index in [-0.39, 0.29) is 5.91 Å². The van der Waals surface area contributed by atoms with Crippen molar-refractivity contribution in [3.05, 3.63) is 35.9 Å². The number of nitrogens with two attached hydrogens (primary N) is 1. The zero-order valence-corrected chi connectivity index (χ0v) is 11.3. The Morgan fingerprint density at radius 2 is 1.95 bits per heavy atom. The standard InChI is InChI=1S/C15H23N3O/c16-14(12-13-6-2-1-3-7-13)15(19)17-8-11-18-9-4-5-10-18/h1-3,6-7,14H,4-5,8-12,16H2,(H,17,19)/t14-/m0/s1. The van der Waals surface area contributed by atoms with Gasteiger partial charge in [-0.15, -0.1) is 0 Å². The average Bonchev–Trinajstić information content (AvgIpc) is 2.93. The molecule has 0 aromatic heterocycles. The summed E-state index contributed by atoms with van der Waals surface area (Å²) in [6.45, 7) is 3.95. The second-order valence-corrected chi connectivity index (χ2v) is 5.14. The first-order valence-electron chi connectivity index (χ1n) is 7.05. The molecule has 0 bridgehead atoms. The number of hydrogen-bond donors (Lipinski definition) is 2. The normalized spacial score (nSPS) is 17.3. The second-order valence-electron chi connectivity index (χ2n) is 5.14. The summed E-state index contributed by atoms with van der Waals surface area (Å²) in [6.07, 6.45) is 3.15. The van der Waals surface area contributed by atoms with E-state index in [0.29, 0.717) is 13.0 Å². The van der Waals surface area contributed by atoms with E-state index in [1.165, 1.54) is 12.8 Å². The van der Waals surface area contributed by atoms with Gasteiger partial charge in [-0.3, -0.25) is 4.79 Å². The summed E-state index contributed by atoms with van der Waals surface area (Å²) in [6, 6.07) is 9.43. The van der Waals surface area contributed by atoms with Crippen LogP contribution in [0.15, 0.2) is 30.3 Å². The Balaban J connectivity index is 1.67. The molecule has 1 fully saturated rings. The van der Waals surface area contributed by atoms with Gasteiger partial charge in [0.2, 0.25) is 5.91 Å². The number of benzene rings is 1. The predicted molar refractivity (Wildman–Crippen MR) is 76.8 cm³/mol. The van der Waals surface area contributed by atoms with Gasteiger partial charge in [-0.1, -0.05) is 30.3 Å². The van der Waals surface area contributed by atoms with Crippen LogP contribution in [0.4, 0.5) is 0 Å². The Kier molecular flexibility index (Phi) is 5.36. The number of amides is 1. The number of carbonyl (C=O) groups excluding carboxylic acids is 1. The molecule has 1 atom stereocenters. The molecule has 1 heterocycles. The van der Waals surface area contributed by atoms with Crippen molar-refractivity contribution in [2.24, 2.45) is 5.73 Å².